The molecule has 0 aliphatic rings. The Hall–Kier alpha value is -4.37. The molecular weight excluding hydrogens is 496 g/mol. The Balaban J connectivity index is 2.39. The summed E-state index contributed by atoms with van der Waals surface area (Å²) in [5.41, 5.74) is 2.30. The number of nitrogens with zero attached hydrogens (tertiary/aromatic N) is 5. The molecule has 0 fully saturated rings. The zero-order valence-electron chi connectivity index (χ0n) is 20.9. The van der Waals surface area contributed by atoms with Gasteiger partial charge in [-0.2, -0.15) is 9.64 Å². The van der Waals surface area contributed by atoms with Crippen LogP contribution in [0.25, 0.3) is 0 Å². The van der Waals surface area contributed by atoms with Gasteiger partial charge in [0, 0.05) is 23.8 Å². The average Bonchev–Trinajstić information content (AvgIpc) is 3.25. The molecule has 1 aromatic heterocycles. The van der Waals surface area contributed by atoms with Crippen molar-refractivity contribution in [2.24, 2.45) is 16.1 Å². The molecule has 0 atom stereocenters. The summed E-state index contributed by atoms with van der Waals surface area (Å²) in [6.45, 7) is 12.6. The molecule has 0 aliphatic carbocycles. The highest BCUT2D eigenvalue weighted by molar-refractivity contribution is 7.10. The minimum Gasteiger partial charge on any atom is -0.461 e. The Morgan fingerprint density at radius 3 is 2.32 bits per heavy atom. The van der Waals surface area contributed by atoms with Gasteiger partial charge in [0.25, 0.3) is 0 Å². The maximum absolute atomic E-state index is 12.5. The van der Waals surface area contributed by atoms with Gasteiger partial charge in [0.15, 0.2) is 5.00 Å². The number of hydrogen-bond acceptors (Lipinski definition) is 11. The van der Waals surface area contributed by atoms with E-state index in [0.717, 1.165) is 23.7 Å². The predicted molar refractivity (Wildman–Crippen MR) is 140 cm³/mol. The highest BCUT2D eigenvalue weighted by atomic mass is 32.1. The largest absolute Gasteiger partial charge is 0.461 e. The summed E-state index contributed by atoms with van der Waals surface area (Å²) in [5, 5.41) is 21.0. The van der Waals surface area contributed by atoms with Crippen LogP contribution in [0.15, 0.2) is 53.7 Å². The first-order valence-corrected chi connectivity index (χ1v) is 12.0. The third kappa shape index (κ3) is 8.66. The second kappa shape index (κ2) is 14.3. The van der Waals surface area contributed by atoms with Gasteiger partial charge in [0.05, 0.1) is 24.5 Å². The lowest BCUT2D eigenvalue weighted by Gasteiger charge is -2.25. The van der Waals surface area contributed by atoms with E-state index < -0.39 is 11.9 Å². The number of benzene rings is 1. The molecule has 11 nitrogen and oxygen atoms in total. The summed E-state index contributed by atoms with van der Waals surface area (Å²) in [4.78, 5) is 37.2. The van der Waals surface area contributed by atoms with Gasteiger partial charge in [0.2, 0.25) is 5.91 Å². The van der Waals surface area contributed by atoms with Crippen LogP contribution in [0.5, 0.6) is 0 Å². The number of nitrogens with one attached hydrogen (secondary N) is 1. The number of carbonyl (C=O) groups is 3. The van der Waals surface area contributed by atoms with Gasteiger partial charge in [-0.1, -0.05) is 27.0 Å². The second-order valence-electron chi connectivity index (χ2n) is 7.84. The van der Waals surface area contributed by atoms with Gasteiger partial charge in [-0.15, -0.1) is 10.2 Å². The SMILES string of the molecule is C=CC(=O)OCCN(CCOC(=O)C=C)c1ccc(/N=N/c2snc(C)c2C#N)c(NC(=O)C(C)C)c1. The number of aromatic nitrogens is 1. The van der Waals surface area contributed by atoms with Crippen molar-refractivity contribution in [2.45, 2.75) is 20.8 Å². The first-order valence-electron chi connectivity index (χ1n) is 11.3. The summed E-state index contributed by atoms with van der Waals surface area (Å²) in [6.07, 6.45) is 2.13. The molecule has 0 spiro atoms. The number of hydrogen-bond donors (Lipinski definition) is 1. The van der Waals surface area contributed by atoms with Gasteiger partial charge in [-0.05, 0) is 36.7 Å². The van der Waals surface area contributed by atoms with Gasteiger partial charge in [-0.25, -0.2) is 9.59 Å². The number of rotatable bonds is 13. The average molecular weight is 525 g/mol. The number of esters is 2. The molecule has 1 amide bonds. The molecule has 194 valence electrons. The van der Waals surface area contributed by atoms with Crippen LogP contribution in [-0.4, -0.2) is 48.5 Å². The van der Waals surface area contributed by atoms with Crippen LogP contribution in [0.1, 0.15) is 25.1 Å². The van der Waals surface area contributed by atoms with Crippen LogP contribution in [0, 0.1) is 24.2 Å². The lowest BCUT2D eigenvalue weighted by molar-refractivity contribution is -0.137. The van der Waals surface area contributed by atoms with Crippen LogP contribution < -0.4 is 10.2 Å². The number of anilines is 2. The van der Waals surface area contributed by atoms with Crippen molar-refractivity contribution in [3.05, 3.63) is 54.8 Å². The predicted octanol–water partition coefficient (Wildman–Crippen LogP) is 4.60. The maximum Gasteiger partial charge on any atom is 0.330 e. The molecule has 2 rings (SSSR count). The molecular formula is C25H28N6O5S. The van der Waals surface area contributed by atoms with E-state index >= 15 is 0 Å². The molecule has 0 saturated carbocycles. The third-order valence-corrected chi connectivity index (χ3v) is 5.70. The first-order chi connectivity index (χ1) is 17.7. The number of azo groups is 1. The Morgan fingerprint density at radius 2 is 1.78 bits per heavy atom. The van der Waals surface area contributed by atoms with Crippen molar-refractivity contribution in [1.29, 1.82) is 5.26 Å². The summed E-state index contributed by atoms with van der Waals surface area (Å²) >= 11 is 1.05. The lowest BCUT2D eigenvalue weighted by atomic mass is 10.1. The molecule has 0 unspecified atom stereocenters. The smallest absolute Gasteiger partial charge is 0.330 e. The molecule has 1 N–H and O–H groups in total. The second-order valence-corrected chi connectivity index (χ2v) is 8.59. The summed E-state index contributed by atoms with van der Waals surface area (Å²) < 4.78 is 14.3. The van der Waals surface area contributed by atoms with Crippen LogP contribution in [-0.2, 0) is 23.9 Å². The lowest BCUT2D eigenvalue weighted by Crippen LogP contribution is -2.32. The van der Waals surface area contributed by atoms with E-state index in [0.29, 0.717) is 33.3 Å². The van der Waals surface area contributed by atoms with Crippen LogP contribution in [0.4, 0.5) is 22.1 Å². The summed E-state index contributed by atoms with van der Waals surface area (Å²) in [7, 11) is 0. The van der Waals surface area contributed by atoms with E-state index in [1.54, 1.807) is 39.0 Å². The topological polar surface area (TPSA) is 146 Å². The highest BCUT2D eigenvalue weighted by Crippen LogP contribution is 2.34. The zero-order valence-corrected chi connectivity index (χ0v) is 21.7. The van der Waals surface area contributed by atoms with Crippen molar-refractivity contribution in [3.63, 3.8) is 0 Å². The van der Waals surface area contributed by atoms with Crippen LogP contribution >= 0.6 is 11.5 Å². The van der Waals surface area contributed by atoms with Crippen LogP contribution in [0.2, 0.25) is 0 Å². The molecule has 2 aromatic rings. The van der Waals surface area contributed by atoms with Crippen molar-refractivity contribution in [2.75, 3.05) is 36.5 Å². The van der Waals surface area contributed by atoms with E-state index in [1.165, 1.54) is 0 Å². The highest BCUT2D eigenvalue weighted by Gasteiger charge is 2.16. The zero-order chi connectivity index (χ0) is 27.4. The van der Waals surface area contributed by atoms with Crippen molar-refractivity contribution >= 4 is 51.4 Å². The number of nitriles is 1. The van der Waals surface area contributed by atoms with Gasteiger partial charge in [-0.3, -0.25) is 4.79 Å². The quantitative estimate of drug-likeness (QED) is 0.227. The fraction of sp³-hybridized carbons (Fsp3) is 0.320. The fourth-order valence-electron chi connectivity index (χ4n) is 2.84. The first kappa shape index (κ1) is 28.9. The Labute approximate surface area is 219 Å². The van der Waals surface area contributed by atoms with E-state index in [2.05, 4.69) is 39.1 Å². The number of ether oxygens (including phenoxy) is 2. The number of amides is 1. The third-order valence-electron chi connectivity index (χ3n) is 4.88. The minimum absolute atomic E-state index is 0.0526. The van der Waals surface area contributed by atoms with E-state index in [9.17, 15) is 19.6 Å². The van der Waals surface area contributed by atoms with E-state index in [4.69, 9.17) is 9.47 Å². The Morgan fingerprint density at radius 1 is 1.16 bits per heavy atom. The summed E-state index contributed by atoms with van der Waals surface area (Å²) in [5.74, 6) is -1.65. The number of carbonyl (C=O) groups excluding carboxylic acids is 3. The van der Waals surface area contributed by atoms with Crippen molar-refractivity contribution < 1.29 is 23.9 Å². The minimum atomic E-state index is -0.561. The van der Waals surface area contributed by atoms with E-state index in [-0.39, 0.29) is 38.1 Å². The van der Waals surface area contributed by atoms with E-state index in [1.807, 2.05) is 4.90 Å². The maximum atomic E-state index is 12.5. The molecule has 1 heterocycles. The molecule has 1 aromatic carbocycles. The molecule has 0 aliphatic heterocycles. The fourth-order valence-corrected chi connectivity index (χ4v) is 3.52. The normalized spacial score (nSPS) is 10.6. The van der Waals surface area contributed by atoms with Crippen LogP contribution in [0.3, 0.4) is 0 Å². The van der Waals surface area contributed by atoms with Crippen molar-refractivity contribution in [3.8, 4) is 6.07 Å². The number of aryl methyl sites for hydroxylation is 1. The van der Waals surface area contributed by atoms with Gasteiger partial charge < -0.3 is 19.7 Å². The standard InChI is InChI=1S/C25H28N6O5S/c1-6-22(32)35-12-10-31(11-13-36-23(33)7-2)18-8-9-20(21(14-18)27-24(34)16(3)4)28-29-25-19(15-26)17(5)30-37-25/h6-9,14,16H,1-2,10-13H2,3-5H3,(H,27,34)/b29-28+. The Bertz CT molecular complexity index is 1200. The molecule has 0 saturated heterocycles. The molecule has 0 bridgehead atoms. The monoisotopic (exact) mass is 524 g/mol. The molecule has 37 heavy (non-hydrogen) atoms. The van der Waals surface area contributed by atoms with Crippen molar-refractivity contribution in [1.82, 2.24) is 4.37 Å². The van der Waals surface area contributed by atoms with Gasteiger partial charge >= 0.3 is 11.9 Å². The molecule has 0 radical (unpaired) electrons. The van der Waals surface area contributed by atoms with Gasteiger partial charge in [0.1, 0.15) is 30.5 Å². The Kier molecular flexibility index (Phi) is 11.1. The summed E-state index contributed by atoms with van der Waals surface area (Å²) in [6, 6.07) is 7.16. The molecule has 12 heteroatoms.